The van der Waals surface area contributed by atoms with Crippen LogP contribution in [0.5, 0.6) is 0 Å². The zero-order chi connectivity index (χ0) is 21.4. The summed E-state index contributed by atoms with van der Waals surface area (Å²) < 4.78 is 3.32. The van der Waals surface area contributed by atoms with Gasteiger partial charge in [0.2, 0.25) is 5.95 Å². The Morgan fingerprint density at radius 2 is 1.87 bits per heavy atom. The second-order valence-corrected chi connectivity index (χ2v) is 8.40. The first kappa shape index (κ1) is 21.0. The van der Waals surface area contributed by atoms with E-state index in [1.165, 1.54) is 4.57 Å². The highest BCUT2D eigenvalue weighted by molar-refractivity contribution is 6.35. The third-order valence-corrected chi connectivity index (χ3v) is 6.09. The van der Waals surface area contributed by atoms with E-state index < -0.39 is 11.2 Å². The van der Waals surface area contributed by atoms with Gasteiger partial charge in [-0.25, -0.2) is 4.79 Å². The number of aryl methyl sites for hydroxylation is 2. The Bertz CT molecular complexity index is 1190. The van der Waals surface area contributed by atoms with Crippen molar-refractivity contribution < 1.29 is 0 Å². The standard InChI is InChI=1S/C20H24Cl2N6O2/c1-3-6-28-16-17(25(2)20(30)24-18(16)29)23-19(28)27-9-7-26(8-10-27)12-13-4-5-14(21)11-15(13)22/h4-5,11H,3,6-10,12H2,1-2H3,(H,24,29,30). The Labute approximate surface area is 183 Å². The van der Waals surface area contributed by atoms with Crippen molar-refractivity contribution in [3.63, 3.8) is 0 Å². The molecule has 1 aliphatic heterocycles. The predicted molar refractivity (Wildman–Crippen MR) is 120 cm³/mol. The average Bonchev–Trinajstić information content (AvgIpc) is 3.09. The molecular weight excluding hydrogens is 427 g/mol. The molecule has 0 aliphatic carbocycles. The lowest BCUT2D eigenvalue weighted by atomic mass is 10.2. The third kappa shape index (κ3) is 3.87. The number of hydrogen-bond acceptors (Lipinski definition) is 5. The maximum Gasteiger partial charge on any atom is 0.329 e. The lowest BCUT2D eigenvalue weighted by Crippen LogP contribution is -2.47. The summed E-state index contributed by atoms with van der Waals surface area (Å²) in [6, 6.07) is 5.59. The molecule has 30 heavy (non-hydrogen) atoms. The van der Waals surface area contributed by atoms with E-state index in [0.29, 0.717) is 27.8 Å². The lowest BCUT2D eigenvalue weighted by molar-refractivity contribution is 0.248. The van der Waals surface area contributed by atoms with Crippen LogP contribution in [-0.2, 0) is 20.1 Å². The first-order valence-corrected chi connectivity index (χ1v) is 10.8. The number of halogens is 2. The van der Waals surface area contributed by atoms with Crippen LogP contribution in [0.4, 0.5) is 5.95 Å². The molecule has 1 aliphatic rings. The fraction of sp³-hybridized carbons (Fsp3) is 0.450. The van der Waals surface area contributed by atoms with Gasteiger partial charge in [0.1, 0.15) is 0 Å². The second-order valence-electron chi connectivity index (χ2n) is 7.55. The summed E-state index contributed by atoms with van der Waals surface area (Å²) in [5.41, 5.74) is 1.07. The smallest absolute Gasteiger partial charge is 0.329 e. The maximum absolute atomic E-state index is 12.5. The van der Waals surface area contributed by atoms with Crippen molar-refractivity contribution in [1.82, 2.24) is 24.0 Å². The van der Waals surface area contributed by atoms with Gasteiger partial charge in [0.15, 0.2) is 11.2 Å². The third-order valence-electron chi connectivity index (χ3n) is 5.50. The lowest BCUT2D eigenvalue weighted by Gasteiger charge is -2.35. The molecule has 10 heteroatoms. The van der Waals surface area contributed by atoms with E-state index in [9.17, 15) is 9.59 Å². The number of H-pyrrole nitrogens is 1. The van der Waals surface area contributed by atoms with Crippen LogP contribution in [0.3, 0.4) is 0 Å². The fourth-order valence-corrected chi connectivity index (χ4v) is 4.36. The zero-order valence-electron chi connectivity index (χ0n) is 17.0. The summed E-state index contributed by atoms with van der Waals surface area (Å²) in [4.78, 5) is 36.1. The minimum absolute atomic E-state index is 0.392. The first-order valence-electron chi connectivity index (χ1n) is 9.99. The highest BCUT2D eigenvalue weighted by Gasteiger charge is 2.25. The summed E-state index contributed by atoms with van der Waals surface area (Å²) in [6.07, 6.45) is 0.857. The van der Waals surface area contributed by atoms with Crippen LogP contribution >= 0.6 is 23.2 Å². The summed E-state index contributed by atoms with van der Waals surface area (Å²) in [5.74, 6) is 0.739. The van der Waals surface area contributed by atoms with E-state index in [4.69, 9.17) is 23.2 Å². The van der Waals surface area contributed by atoms with Gasteiger partial charge in [-0.2, -0.15) is 4.98 Å². The van der Waals surface area contributed by atoms with Crippen LogP contribution in [-0.4, -0.2) is 50.2 Å². The molecule has 0 radical (unpaired) electrons. The Morgan fingerprint density at radius 3 is 2.53 bits per heavy atom. The molecule has 3 aromatic rings. The minimum atomic E-state index is -0.454. The summed E-state index contributed by atoms with van der Waals surface area (Å²) >= 11 is 12.3. The van der Waals surface area contributed by atoms with E-state index in [1.807, 2.05) is 16.7 Å². The molecule has 0 spiro atoms. The molecule has 0 atom stereocenters. The maximum atomic E-state index is 12.5. The van der Waals surface area contributed by atoms with Crippen LogP contribution in [0.15, 0.2) is 27.8 Å². The monoisotopic (exact) mass is 450 g/mol. The molecule has 0 saturated carbocycles. The molecular formula is C20H24Cl2N6O2. The van der Waals surface area contributed by atoms with Gasteiger partial charge < -0.3 is 9.47 Å². The highest BCUT2D eigenvalue weighted by atomic mass is 35.5. The van der Waals surface area contributed by atoms with Gasteiger partial charge in [-0.05, 0) is 24.1 Å². The van der Waals surface area contributed by atoms with Gasteiger partial charge in [0.05, 0.1) is 0 Å². The molecule has 0 unspecified atom stereocenters. The van der Waals surface area contributed by atoms with Gasteiger partial charge in [-0.3, -0.25) is 19.2 Å². The molecule has 1 N–H and O–H groups in total. The van der Waals surface area contributed by atoms with E-state index >= 15 is 0 Å². The molecule has 4 rings (SSSR count). The van der Waals surface area contributed by atoms with Gasteiger partial charge in [-0.15, -0.1) is 0 Å². The summed E-state index contributed by atoms with van der Waals surface area (Å²) in [5, 5.41) is 1.31. The highest BCUT2D eigenvalue weighted by Crippen LogP contribution is 2.24. The zero-order valence-corrected chi connectivity index (χ0v) is 18.5. The van der Waals surface area contributed by atoms with Crippen molar-refractivity contribution in [1.29, 1.82) is 0 Å². The number of aromatic amines is 1. The normalized spacial score (nSPS) is 15.3. The molecule has 1 fully saturated rings. The Kier molecular flexibility index (Phi) is 5.90. The second kappa shape index (κ2) is 8.45. The number of rotatable bonds is 5. The van der Waals surface area contributed by atoms with Crippen LogP contribution in [0.25, 0.3) is 11.2 Å². The number of fused-ring (bicyclic) bond motifs is 1. The minimum Gasteiger partial charge on any atom is -0.340 e. The molecule has 0 amide bonds. The molecule has 8 nitrogen and oxygen atoms in total. The molecule has 1 aromatic carbocycles. The molecule has 0 bridgehead atoms. The Morgan fingerprint density at radius 1 is 1.13 bits per heavy atom. The van der Waals surface area contributed by atoms with Crippen molar-refractivity contribution in [2.75, 3.05) is 31.1 Å². The number of aromatic nitrogens is 4. The van der Waals surface area contributed by atoms with Crippen LogP contribution in [0, 0.1) is 0 Å². The van der Waals surface area contributed by atoms with Crippen molar-refractivity contribution in [3.05, 3.63) is 54.6 Å². The Balaban J connectivity index is 1.58. The van der Waals surface area contributed by atoms with Gasteiger partial charge in [-0.1, -0.05) is 36.2 Å². The van der Waals surface area contributed by atoms with Crippen LogP contribution in [0.2, 0.25) is 10.0 Å². The topological polar surface area (TPSA) is 79.2 Å². The number of hydrogen-bond donors (Lipinski definition) is 1. The molecule has 3 heterocycles. The fourth-order valence-electron chi connectivity index (χ4n) is 3.90. The van der Waals surface area contributed by atoms with Gasteiger partial charge in [0, 0.05) is 56.4 Å². The number of piperazine rings is 1. The van der Waals surface area contributed by atoms with Crippen molar-refractivity contribution in [2.45, 2.75) is 26.4 Å². The first-order chi connectivity index (χ1) is 14.4. The quantitative estimate of drug-likeness (QED) is 0.645. The molecule has 160 valence electrons. The van der Waals surface area contributed by atoms with Crippen LogP contribution < -0.4 is 16.1 Å². The number of nitrogens with one attached hydrogen (secondary N) is 1. The Hall–Kier alpha value is -2.29. The summed E-state index contributed by atoms with van der Waals surface area (Å²) in [6.45, 7) is 6.68. The average molecular weight is 451 g/mol. The largest absolute Gasteiger partial charge is 0.340 e. The van der Waals surface area contributed by atoms with Crippen molar-refractivity contribution in [2.24, 2.45) is 7.05 Å². The number of benzene rings is 1. The van der Waals surface area contributed by atoms with Crippen LogP contribution in [0.1, 0.15) is 18.9 Å². The number of anilines is 1. The SMILES string of the molecule is CCCn1c(N2CCN(Cc3ccc(Cl)cc3Cl)CC2)nc2c1c(=O)[nH]c(=O)n2C. The summed E-state index contributed by atoms with van der Waals surface area (Å²) in [7, 11) is 1.63. The van der Waals surface area contributed by atoms with E-state index in [1.54, 1.807) is 13.1 Å². The van der Waals surface area contributed by atoms with E-state index in [-0.39, 0.29) is 0 Å². The predicted octanol–water partition coefficient (Wildman–Crippen LogP) is 2.46. The van der Waals surface area contributed by atoms with Gasteiger partial charge in [0.25, 0.3) is 5.56 Å². The van der Waals surface area contributed by atoms with E-state index in [2.05, 4.69) is 26.7 Å². The van der Waals surface area contributed by atoms with Crippen molar-refractivity contribution >= 4 is 40.3 Å². The molecule has 1 saturated heterocycles. The number of imidazole rings is 1. The van der Waals surface area contributed by atoms with Crippen molar-refractivity contribution in [3.8, 4) is 0 Å². The van der Waals surface area contributed by atoms with E-state index in [0.717, 1.165) is 50.7 Å². The molecule has 2 aromatic heterocycles. The number of nitrogens with zero attached hydrogens (tertiary/aromatic N) is 5. The van der Waals surface area contributed by atoms with Gasteiger partial charge >= 0.3 is 5.69 Å².